The van der Waals surface area contributed by atoms with E-state index in [0.717, 1.165) is 35.9 Å². The highest BCUT2D eigenvalue weighted by molar-refractivity contribution is 6.83. The molecule has 0 atom stereocenters. The molecule has 0 aromatic rings. The van der Waals surface area contributed by atoms with Crippen LogP contribution in [0.3, 0.4) is 0 Å². The number of hydrogen-bond donors (Lipinski definition) is 1. The van der Waals surface area contributed by atoms with Gasteiger partial charge in [0.15, 0.2) is 0 Å². The fourth-order valence-corrected chi connectivity index (χ4v) is 10.7. The lowest BCUT2D eigenvalue weighted by Gasteiger charge is -2.42. The number of rotatable bonds is 7. The Hall–Kier alpha value is -0.0831. The van der Waals surface area contributed by atoms with Crippen molar-refractivity contribution in [2.45, 2.75) is 108 Å². The van der Waals surface area contributed by atoms with Crippen molar-refractivity contribution in [2.24, 2.45) is 0 Å². The van der Waals surface area contributed by atoms with Crippen LogP contribution in [0.5, 0.6) is 0 Å². The maximum absolute atomic E-state index is 10.6. The molecule has 1 fully saturated rings. The van der Waals surface area contributed by atoms with Gasteiger partial charge in [0.05, 0.1) is 13.7 Å². The van der Waals surface area contributed by atoms with Crippen LogP contribution < -0.4 is 0 Å². The van der Waals surface area contributed by atoms with Crippen LogP contribution in [0.1, 0.15) is 80.1 Å². The normalized spacial score (nSPS) is 20.1. The van der Waals surface area contributed by atoms with Gasteiger partial charge < -0.3 is 5.11 Å². The van der Waals surface area contributed by atoms with Gasteiger partial charge in [0, 0.05) is 0 Å². The summed E-state index contributed by atoms with van der Waals surface area (Å²) in [5.41, 5.74) is 2.06. The van der Waals surface area contributed by atoms with E-state index in [0.29, 0.717) is 0 Å². The Morgan fingerprint density at radius 3 is 1.76 bits per heavy atom. The second kappa shape index (κ2) is 7.96. The highest BCUT2D eigenvalue weighted by Crippen LogP contribution is 2.44. The molecule has 0 amide bonds. The predicted molar refractivity (Wildman–Crippen MR) is 97.6 cm³/mol. The highest BCUT2D eigenvalue weighted by Gasteiger charge is 2.41. The van der Waals surface area contributed by atoms with Crippen LogP contribution in [-0.2, 0) is 0 Å². The molecule has 1 aliphatic rings. The number of aliphatic hydroxyl groups is 1. The van der Waals surface area contributed by atoms with Crippen molar-refractivity contribution in [1.82, 2.24) is 0 Å². The molecule has 0 unspecified atom stereocenters. The summed E-state index contributed by atoms with van der Waals surface area (Å²) in [6, 6.07) is 1.27. The Morgan fingerprint density at radius 2 is 1.33 bits per heavy atom. The molecular formula is C19H38OSi. The monoisotopic (exact) mass is 310 g/mol. The minimum Gasteiger partial charge on any atom is -0.390 e. The van der Waals surface area contributed by atoms with Crippen LogP contribution in [-0.4, -0.2) is 18.8 Å². The first-order valence-corrected chi connectivity index (χ1v) is 11.6. The quantitative estimate of drug-likeness (QED) is 0.431. The van der Waals surface area contributed by atoms with E-state index in [9.17, 15) is 5.11 Å². The van der Waals surface area contributed by atoms with Crippen molar-refractivity contribution < 1.29 is 5.11 Å². The van der Waals surface area contributed by atoms with Crippen LogP contribution in [0.25, 0.3) is 0 Å². The fraction of sp³-hybridized carbons (Fsp3) is 0.895. The third kappa shape index (κ3) is 4.69. The molecule has 124 valence electrons. The first-order chi connectivity index (χ1) is 9.74. The molecule has 0 heterocycles. The average Bonchev–Trinajstić information content (AvgIpc) is 2.38. The lowest BCUT2D eigenvalue weighted by atomic mass is 9.82. The van der Waals surface area contributed by atoms with Gasteiger partial charge in [-0.3, -0.25) is 0 Å². The van der Waals surface area contributed by atoms with Gasteiger partial charge in [-0.15, -0.1) is 0 Å². The smallest absolute Gasteiger partial charge is 0.0682 e. The van der Waals surface area contributed by atoms with Gasteiger partial charge in [0.25, 0.3) is 0 Å². The topological polar surface area (TPSA) is 20.2 Å². The Kier molecular flexibility index (Phi) is 7.19. The number of hydrogen-bond acceptors (Lipinski definition) is 1. The molecule has 2 heteroatoms. The molecule has 1 aliphatic carbocycles. The molecule has 0 saturated heterocycles. The third-order valence-corrected chi connectivity index (χ3v) is 13.5. The standard InChI is InChI=1S/C19H38OSi/c1-16(2)21(17(3)4,18(5)6)15-11-10-14-19(20)12-8-7-9-13-19/h10-11,16-18,20H,7-9,12-15H2,1-6H3/b11-10+. The molecule has 0 bridgehead atoms. The van der Waals surface area contributed by atoms with Crippen molar-refractivity contribution in [1.29, 1.82) is 0 Å². The minimum atomic E-state index is -1.31. The Bertz CT molecular complexity index is 303. The van der Waals surface area contributed by atoms with Crippen molar-refractivity contribution in [3.8, 4) is 0 Å². The van der Waals surface area contributed by atoms with Crippen LogP contribution in [0.2, 0.25) is 22.7 Å². The first-order valence-electron chi connectivity index (χ1n) is 9.12. The number of allylic oxidation sites excluding steroid dienone is 1. The molecule has 0 aromatic carbocycles. The molecule has 1 N–H and O–H groups in total. The van der Waals surface area contributed by atoms with Crippen molar-refractivity contribution in [3.05, 3.63) is 12.2 Å². The Labute approximate surface area is 134 Å². The SMILES string of the molecule is CC(C)[Si](C/C=C/CC1(O)CCCCC1)(C(C)C)C(C)C. The Morgan fingerprint density at radius 1 is 0.857 bits per heavy atom. The summed E-state index contributed by atoms with van der Waals surface area (Å²) in [5.74, 6) is 0. The van der Waals surface area contributed by atoms with E-state index in [1.807, 2.05) is 0 Å². The van der Waals surface area contributed by atoms with E-state index in [1.54, 1.807) is 0 Å². The highest BCUT2D eigenvalue weighted by atomic mass is 28.3. The van der Waals surface area contributed by atoms with Crippen molar-refractivity contribution in [2.75, 3.05) is 0 Å². The zero-order chi connectivity index (χ0) is 16.1. The molecule has 0 radical (unpaired) electrons. The van der Waals surface area contributed by atoms with Gasteiger partial charge in [-0.05, 0) is 25.3 Å². The maximum Gasteiger partial charge on any atom is 0.0682 e. The zero-order valence-electron chi connectivity index (χ0n) is 15.3. The van der Waals surface area contributed by atoms with Crippen molar-refractivity contribution in [3.63, 3.8) is 0 Å². The first kappa shape index (κ1) is 19.0. The summed E-state index contributed by atoms with van der Waals surface area (Å²) >= 11 is 0. The summed E-state index contributed by atoms with van der Waals surface area (Å²) in [5, 5.41) is 10.6. The van der Waals surface area contributed by atoms with Gasteiger partial charge >= 0.3 is 0 Å². The summed E-state index contributed by atoms with van der Waals surface area (Å²) in [7, 11) is -1.31. The van der Waals surface area contributed by atoms with E-state index < -0.39 is 13.7 Å². The maximum atomic E-state index is 10.6. The molecule has 0 aliphatic heterocycles. The zero-order valence-corrected chi connectivity index (χ0v) is 16.3. The predicted octanol–water partition coefficient (Wildman–Crippen LogP) is 6.31. The van der Waals surface area contributed by atoms with E-state index in [2.05, 4.69) is 53.7 Å². The largest absolute Gasteiger partial charge is 0.390 e. The van der Waals surface area contributed by atoms with Gasteiger partial charge in [-0.1, -0.05) is 89.6 Å². The van der Waals surface area contributed by atoms with Gasteiger partial charge in [0.2, 0.25) is 0 Å². The second-order valence-electron chi connectivity index (χ2n) is 8.24. The van der Waals surface area contributed by atoms with E-state index >= 15 is 0 Å². The average molecular weight is 311 g/mol. The fourth-order valence-electron chi connectivity index (χ4n) is 4.71. The van der Waals surface area contributed by atoms with Crippen LogP contribution in [0.4, 0.5) is 0 Å². The van der Waals surface area contributed by atoms with Crippen LogP contribution in [0, 0.1) is 0 Å². The van der Waals surface area contributed by atoms with Gasteiger partial charge in [0.1, 0.15) is 0 Å². The summed E-state index contributed by atoms with van der Waals surface area (Å²) < 4.78 is 0. The van der Waals surface area contributed by atoms with Gasteiger partial charge in [-0.2, -0.15) is 0 Å². The van der Waals surface area contributed by atoms with E-state index in [1.165, 1.54) is 25.3 Å². The van der Waals surface area contributed by atoms with Crippen molar-refractivity contribution >= 4 is 8.07 Å². The molecule has 0 spiro atoms. The molecular weight excluding hydrogens is 272 g/mol. The van der Waals surface area contributed by atoms with Crippen LogP contribution >= 0.6 is 0 Å². The lowest BCUT2D eigenvalue weighted by molar-refractivity contribution is 0.00693. The summed E-state index contributed by atoms with van der Waals surface area (Å²) in [4.78, 5) is 0. The van der Waals surface area contributed by atoms with E-state index in [-0.39, 0.29) is 0 Å². The molecule has 0 aromatic heterocycles. The Balaban J connectivity index is 2.66. The van der Waals surface area contributed by atoms with E-state index in [4.69, 9.17) is 0 Å². The third-order valence-electron chi connectivity index (χ3n) is 6.14. The lowest BCUT2D eigenvalue weighted by Crippen LogP contribution is -2.43. The molecule has 1 rings (SSSR count). The summed E-state index contributed by atoms with van der Waals surface area (Å²) in [6.45, 7) is 14.6. The minimum absolute atomic E-state index is 0.396. The summed E-state index contributed by atoms with van der Waals surface area (Å²) in [6.07, 6.45) is 11.3. The molecule has 1 nitrogen and oxygen atoms in total. The van der Waals surface area contributed by atoms with Gasteiger partial charge in [-0.25, -0.2) is 0 Å². The molecule has 1 saturated carbocycles. The second-order valence-corrected chi connectivity index (χ2v) is 14.3. The van der Waals surface area contributed by atoms with Crippen LogP contribution in [0.15, 0.2) is 12.2 Å². The molecule has 21 heavy (non-hydrogen) atoms.